The van der Waals surface area contributed by atoms with E-state index in [1.807, 2.05) is 45.0 Å². The zero-order valence-corrected chi connectivity index (χ0v) is 16.1. The molecule has 5 nitrogen and oxygen atoms in total. The topological polar surface area (TPSA) is 49.9 Å². The van der Waals surface area contributed by atoms with E-state index in [-0.39, 0.29) is 17.9 Å². The van der Waals surface area contributed by atoms with Crippen molar-refractivity contribution in [2.75, 3.05) is 19.7 Å². The highest BCUT2D eigenvalue weighted by Gasteiger charge is 2.43. The number of carbonyl (C=O) groups is 2. The van der Waals surface area contributed by atoms with E-state index in [1.54, 1.807) is 0 Å². The molecular formula is C21H28N2O3. The Kier molecular flexibility index (Phi) is 5.35. The van der Waals surface area contributed by atoms with Gasteiger partial charge in [0.2, 0.25) is 0 Å². The highest BCUT2D eigenvalue weighted by Crippen LogP contribution is 2.35. The third-order valence-corrected chi connectivity index (χ3v) is 5.03. The van der Waals surface area contributed by atoms with Gasteiger partial charge in [0, 0.05) is 19.1 Å². The number of ether oxygens (including phenoxy) is 1. The van der Waals surface area contributed by atoms with Crippen molar-refractivity contribution in [3.8, 4) is 5.75 Å². The number of carbonyl (C=O) groups excluding carboxylic acids is 2. The lowest BCUT2D eigenvalue weighted by molar-refractivity contribution is -0.139. The molecule has 0 aromatic heterocycles. The highest BCUT2D eigenvalue weighted by atomic mass is 16.5. The SMILES string of the molecule is CCOc1ccc(C2=C(N3CCCC(C)C3)C(=O)N(C(C)C)C2=O)cc1. The van der Waals surface area contributed by atoms with Gasteiger partial charge in [0.25, 0.3) is 11.8 Å². The van der Waals surface area contributed by atoms with Gasteiger partial charge in [-0.2, -0.15) is 0 Å². The van der Waals surface area contributed by atoms with Crippen molar-refractivity contribution >= 4 is 17.4 Å². The van der Waals surface area contributed by atoms with Crippen LogP contribution in [0.25, 0.3) is 5.57 Å². The van der Waals surface area contributed by atoms with Crippen LogP contribution < -0.4 is 4.74 Å². The molecule has 1 atom stereocenters. The zero-order valence-electron chi connectivity index (χ0n) is 16.1. The molecule has 1 fully saturated rings. The Bertz CT molecular complexity index is 721. The highest BCUT2D eigenvalue weighted by molar-refractivity contribution is 6.35. The summed E-state index contributed by atoms with van der Waals surface area (Å²) in [5.41, 5.74) is 1.88. The molecule has 5 heteroatoms. The van der Waals surface area contributed by atoms with Gasteiger partial charge in [-0.25, -0.2) is 0 Å². The average Bonchev–Trinajstić information content (AvgIpc) is 2.86. The Hall–Kier alpha value is -2.30. The van der Waals surface area contributed by atoms with Crippen molar-refractivity contribution in [3.05, 3.63) is 35.5 Å². The van der Waals surface area contributed by atoms with E-state index >= 15 is 0 Å². The smallest absolute Gasteiger partial charge is 0.278 e. The largest absolute Gasteiger partial charge is 0.494 e. The molecule has 1 saturated heterocycles. The summed E-state index contributed by atoms with van der Waals surface area (Å²) in [6.45, 7) is 10.1. The number of likely N-dealkylation sites (tertiary alicyclic amines) is 1. The minimum Gasteiger partial charge on any atom is -0.494 e. The molecule has 26 heavy (non-hydrogen) atoms. The van der Waals surface area contributed by atoms with E-state index in [1.165, 1.54) is 4.90 Å². The van der Waals surface area contributed by atoms with Gasteiger partial charge in [-0.15, -0.1) is 0 Å². The van der Waals surface area contributed by atoms with E-state index in [9.17, 15) is 9.59 Å². The maximum absolute atomic E-state index is 13.1. The Morgan fingerprint density at radius 2 is 1.85 bits per heavy atom. The number of amides is 2. The Labute approximate surface area is 155 Å². The molecule has 0 saturated carbocycles. The quantitative estimate of drug-likeness (QED) is 0.760. The van der Waals surface area contributed by atoms with Crippen LogP contribution in [0.4, 0.5) is 0 Å². The molecule has 0 radical (unpaired) electrons. The summed E-state index contributed by atoms with van der Waals surface area (Å²) in [6, 6.07) is 7.31. The third kappa shape index (κ3) is 3.35. The van der Waals surface area contributed by atoms with E-state index in [0.717, 1.165) is 37.2 Å². The van der Waals surface area contributed by atoms with Gasteiger partial charge in [0.1, 0.15) is 11.4 Å². The molecule has 1 aromatic rings. The standard InChI is InChI=1S/C21H28N2O3/c1-5-26-17-10-8-16(9-11-17)18-19(22-12-6-7-15(4)13-22)21(25)23(14(2)3)20(18)24/h8-11,14-15H,5-7,12-13H2,1-4H3. The zero-order chi connectivity index (χ0) is 18.8. The van der Waals surface area contributed by atoms with Gasteiger partial charge in [0.05, 0.1) is 12.2 Å². The molecule has 1 unspecified atom stereocenters. The number of benzene rings is 1. The van der Waals surface area contributed by atoms with Gasteiger partial charge in [-0.1, -0.05) is 19.1 Å². The lowest BCUT2D eigenvalue weighted by Crippen LogP contribution is -2.41. The first-order chi connectivity index (χ1) is 12.4. The van der Waals surface area contributed by atoms with Crippen LogP contribution in [0.1, 0.15) is 46.1 Å². The van der Waals surface area contributed by atoms with Crippen LogP contribution >= 0.6 is 0 Å². The molecule has 2 aliphatic heterocycles. The van der Waals surface area contributed by atoms with Crippen molar-refractivity contribution in [3.63, 3.8) is 0 Å². The van der Waals surface area contributed by atoms with Crippen LogP contribution in [-0.4, -0.2) is 47.4 Å². The molecule has 140 valence electrons. The summed E-state index contributed by atoms with van der Waals surface area (Å²) in [6.07, 6.45) is 2.21. The molecule has 0 N–H and O–H groups in total. The third-order valence-electron chi connectivity index (χ3n) is 5.03. The van der Waals surface area contributed by atoms with Gasteiger partial charge >= 0.3 is 0 Å². The van der Waals surface area contributed by atoms with Crippen LogP contribution in [0.5, 0.6) is 5.75 Å². The van der Waals surface area contributed by atoms with Gasteiger partial charge in [-0.05, 0) is 57.2 Å². The molecule has 2 amide bonds. The van der Waals surface area contributed by atoms with Gasteiger partial charge in [0.15, 0.2) is 0 Å². The molecule has 0 bridgehead atoms. The lowest BCUT2D eigenvalue weighted by atomic mass is 9.97. The van der Waals surface area contributed by atoms with E-state index in [2.05, 4.69) is 11.8 Å². The molecule has 0 spiro atoms. The first-order valence-electron chi connectivity index (χ1n) is 9.54. The second-order valence-electron chi connectivity index (χ2n) is 7.45. The summed E-state index contributed by atoms with van der Waals surface area (Å²) in [7, 11) is 0. The maximum atomic E-state index is 13.1. The Morgan fingerprint density at radius 1 is 1.15 bits per heavy atom. The first kappa shape index (κ1) is 18.5. The fourth-order valence-electron chi connectivity index (χ4n) is 3.83. The molecular weight excluding hydrogens is 328 g/mol. The molecule has 2 aliphatic rings. The van der Waals surface area contributed by atoms with Crippen LogP contribution in [0.2, 0.25) is 0 Å². The second-order valence-corrected chi connectivity index (χ2v) is 7.45. The number of nitrogens with zero attached hydrogens (tertiary/aromatic N) is 2. The summed E-state index contributed by atoms with van der Waals surface area (Å²) in [5, 5.41) is 0. The number of rotatable bonds is 5. The summed E-state index contributed by atoms with van der Waals surface area (Å²) in [5.74, 6) is 0.932. The monoisotopic (exact) mass is 356 g/mol. The van der Waals surface area contributed by atoms with E-state index in [4.69, 9.17) is 4.74 Å². The van der Waals surface area contributed by atoms with Crippen molar-refractivity contribution in [2.24, 2.45) is 5.92 Å². The summed E-state index contributed by atoms with van der Waals surface area (Å²) in [4.78, 5) is 29.7. The minimum atomic E-state index is -0.192. The first-order valence-corrected chi connectivity index (χ1v) is 9.54. The molecule has 0 aliphatic carbocycles. The van der Waals surface area contributed by atoms with Crippen molar-refractivity contribution < 1.29 is 14.3 Å². The van der Waals surface area contributed by atoms with E-state index in [0.29, 0.717) is 23.8 Å². The molecule has 3 rings (SSSR count). The lowest BCUT2D eigenvalue weighted by Gasteiger charge is -2.33. The van der Waals surface area contributed by atoms with Crippen molar-refractivity contribution in [2.45, 2.75) is 46.6 Å². The molecule has 2 heterocycles. The van der Waals surface area contributed by atoms with Gasteiger partial charge < -0.3 is 9.64 Å². The minimum absolute atomic E-state index is 0.160. The maximum Gasteiger partial charge on any atom is 0.278 e. The number of hydrogen-bond donors (Lipinski definition) is 0. The summed E-state index contributed by atoms with van der Waals surface area (Å²) < 4.78 is 5.50. The molecule has 1 aromatic carbocycles. The van der Waals surface area contributed by atoms with Gasteiger partial charge in [-0.3, -0.25) is 14.5 Å². The Morgan fingerprint density at radius 3 is 2.42 bits per heavy atom. The van der Waals surface area contributed by atoms with Crippen LogP contribution in [-0.2, 0) is 9.59 Å². The average molecular weight is 356 g/mol. The van der Waals surface area contributed by atoms with Crippen molar-refractivity contribution in [1.82, 2.24) is 9.80 Å². The predicted octanol–water partition coefficient (Wildman–Crippen LogP) is 3.31. The fraction of sp³-hybridized carbons (Fsp3) is 0.524. The second kappa shape index (κ2) is 7.52. The fourth-order valence-corrected chi connectivity index (χ4v) is 3.83. The summed E-state index contributed by atoms with van der Waals surface area (Å²) >= 11 is 0. The Balaban J connectivity index is 2.04. The normalized spacial score (nSPS) is 21.2. The van der Waals surface area contributed by atoms with Crippen LogP contribution in [0.3, 0.4) is 0 Å². The van der Waals surface area contributed by atoms with Crippen LogP contribution in [0, 0.1) is 5.92 Å². The predicted molar refractivity (Wildman–Crippen MR) is 101 cm³/mol. The van der Waals surface area contributed by atoms with Crippen molar-refractivity contribution in [1.29, 1.82) is 0 Å². The number of hydrogen-bond acceptors (Lipinski definition) is 4. The number of imide groups is 1. The van der Waals surface area contributed by atoms with Crippen LogP contribution in [0.15, 0.2) is 30.0 Å². The number of piperidine rings is 1. The van der Waals surface area contributed by atoms with E-state index < -0.39 is 0 Å².